The summed E-state index contributed by atoms with van der Waals surface area (Å²) in [6.45, 7) is 1.16. The fourth-order valence-corrected chi connectivity index (χ4v) is 3.09. The molecule has 1 N–H and O–H groups in total. The van der Waals surface area contributed by atoms with Gasteiger partial charge in [0, 0.05) is 6.04 Å². The molecule has 0 aliphatic carbocycles. The average Bonchev–Trinajstić information content (AvgIpc) is 2.88. The molecule has 1 aliphatic rings. The van der Waals surface area contributed by atoms with E-state index in [4.69, 9.17) is 0 Å². The van der Waals surface area contributed by atoms with Gasteiger partial charge in [-0.1, -0.05) is 60.7 Å². The lowest BCUT2D eigenvalue weighted by atomic mass is 9.89. The lowest BCUT2D eigenvalue weighted by Gasteiger charge is -2.19. The van der Waals surface area contributed by atoms with Gasteiger partial charge in [-0.05, 0) is 42.9 Å². The van der Waals surface area contributed by atoms with Crippen LogP contribution in [0.25, 0.3) is 0 Å². The molecule has 1 saturated heterocycles. The van der Waals surface area contributed by atoms with E-state index in [0.29, 0.717) is 6.04 Å². The van der Waals surface area contributed by atoms with E-state index in [1.807, 2.05) is 0 Å². The van der Waals surface area contributed by atoms with Crippen LogP contribution in [0.15, 0.2) is 60.7 Å². The zero-order chi connectivity index (χ0) is 12.9. The molecule has 3 rings (SSSR count). The van der Waals surface area contributed by atoms with Gasteiger partial charge in [-0.25, -0.2) is 0 Å². The Kier molecular flexibility index (Phi) is 3.95. The molecule has 2 atom stereocenters. The number of nitrogens with one attached hydrogen (secondary N) is 1. The largest absolute Gasteiger partial charge is 0.313 e. The maximum Gasteiger partial charge on any atom is 0.0139 e. The Hall–Kier alpha value is -1.60. The van der Waals surface area contributed by atoms with Gasteiger partial charge in [0.2, 0.25) is 0 Å². The minimum atomic E-state index is 0.627. The molecule has 0 aromatic heterocycles. The van der Waals surface area contributed by atoms with E-state index in [1.165, 1.54) is 24.0 Å². The molecule has 0 bridgehead atoms. The first-order chi connectivity index (χ1) is 9.42. The normalized spacial score (nSPS) is 22.5. The van der Waals surface area contributed by atoms with Crippen LogP contribution in [0.1, 0.15) is 17.5 Å². The minimum absolute atomic E-state index is 0.627. The maximum absolute atomic E-state index is 3.68. The summed E-state index contributed by atoms with van der Waals surface area (Å²) in [6, 6.07) is 22.3. The van der Waals surface area contributed by atoms with E-state index < -0.39 is 0 Å². The van der Waals surface area contributed by atoms with Crippen LogP contribution >= 0.6 is 0 Å². The van der Waals surface area contributed by atoms with Gasteiger partial charge in [0.1, 0.15) is 0 Å². The summed E-state index contributed by atoms with van der Waals surface area (Å²) < 4.78 is 0. The van der Waals surface area contributed by atoms with Crippen LogP contribution in [-0.2, 0) is 12.8 Å². The van der Waals surface area contributed by atoms with E-state index in [1.54, 1.807) is 0 Å². The molecule has 98 valence electrons. The van der Waals surface area contributed by atoms with E-state index >= 15 is 0 Å². The Labute approximate surface area is 115 Å². The quantitative estimate of drug-likeness (QED) is 0.877. The fourth-order valence-electron chi connectivity index (χ4n) is 3.09. The summed E-state index contributed by atoms with van der Waals surface area (Å²) in [5.74, 6) is 0.766. The molecule has 0 saturated carbocycles. The Morgan fingerprint density at radius 3 is 2.00 bits per heavy atom. The van der Waals surface area contributed by atoms with Crippen LogP contribution in [0.3, 0.4) is 0 Å². The summed E-state index contributed by atoms with van der Waals surface area (Å²) in [7, 11) is 0. The zero-order valence-corrected chi connectivity index (χ0v) is 11.3. The van der Waals surface area contributed by atoms with Crippen LogP contribution in [0.2, 0.25) is 0 Å². The predicted molar refractivity (Wildman–Crippen MR) is 80.2 cm³/mol. The van der Waals surface area contributed by atoms with Crippen molar-refractivity contribution in [2.45, 2.75) is 25.3 Å². The Bertz CT molecular complexity index is 444. The van der Waals surface area contributed by atoms with Crippen LogP contribution in [-0.4, -0.2) is 12.6 Å². The van der Waals surface area contributed by atoms with Gasteiger partial charge < -0.3 is 5.32 Å². The van der Waals surface area contributed by atoms with E-state index in [0.717, 1.165) is 18.9 Å². The second-order valence-corrected chi connectivity index (χ2v) is 5.49. The van der Waals surface area contributed by atoms with Crippen molar-refractivity contribution in [2.24, 2.45) is 5.92 Å². The van der Waals surface area contributed by atoms with Gasteiger partial charge in [0.25, 0.3) is 0 Å². The first-order valence-electron chi connectivity index (χ1n) is 7.23. The highest BCUT2D eigenvalue weighted by Gasteiger charge is 2.26. The van der Waals surface area contributed by atoms with Gasteiger partial charge in [-0.3, -0.25) is 0 Å². The third-order valence-electron chi connectivity index (χ3n) is 4.13. The number of hydrogen-bond donors (Lipinski definition) is 1. The summed E-state index contributed by atoms with van der Waals surface area (Å²) in [6.07, 6.45) is 3.65. The average molecular weight is 251 g/mol. The lowest BCUT2D eigenvalue weighted by molar-refractivity contribution is 0.442. The van der Waals surface area contributed by atoms with Gasteiger partial charge in [-0.15, -0.1) is 0 Å². The van der Waals surface area contributed by atoms with E-state index in [-0.39, 0.29) is 0 Å². The van der Waals surface area contributed by atoms with Crippen molar-refractivity contribution in [2.75, 3.05) is 6.54 Å². The predicted octanol–water partition coefficient (Wildman–Crippen LogP) is 3.45. The third-order valence-corrected chi connectivity index (χ3v) is 4.13. The first-order valence-corrected chi connectivity index (χ1v) is 7.23. The molecular weight excluding hydrogens is 230 g/mol. The second kappa shape index (κ2) is 6.03. The van der Waals surface area contributed by atoms with Gasteiger partial charge in [-0.2, -0.15) is 0 Å². The highest BCUT2D eigenvalue weighted by molar-refractivity contribution is 5.19. The van der Waals surface area contributed by atoms with Crippen molar-refractivity contribution in [3.05, 3.63) is 71.8 Å². The van der Waals surface area contributed by atoms with Crippen molar-refractivity contribution >= 4 is 0 Å². The van der Waals surface area contributed by atoms with Crippen molar-refractivity contribution in [1.29, 1.82) is 0 Å². The highest BCUT2D eigenvalue weighted by Crippen LogP contribution is 2.23. The smallest absolute Gasteiger partial charge is 0.0139 e. The van der Waals surface area contributed by atoms with Crippen molar-refractivity contribution in [1.82, 2.24) is 5.32 Å². The number of benzene rings is 2. The summed E-state index contributed by atoms with van der Waals surface area (Å²) in [5, 5.41) is 3.68. The van der Waals surface area contributed by atoms with E-state index in [9.17, 15) is 0 Å². The van der Waals surface area contributed by atoms with E-state index in [2.05, 4.69) is 66.0 Å². The maximum atomic E-state index is 3.68. The molecule has 2 unspecified atom stereocenters. The molecule has 1 nitrogen and oxygen atoms in total. The molecular formula is C18H21N. The second-order valence-electron chi connectivity index (χ2n) is 5.49. The Morgan fingerprint density at radius 2 is 1.37 bits per heavy atom. The topological polar surface area (TPSA) is 12.0 Å². The Balaban J connectivity index is 1.65. The van der Waals surface area contributed by atoms with Gasteiger partial charge >= 0.3 is 0 Å². The lowest BCUT2D eigenvalue weighted by Crippen LogP contribution is -2.30. The van der Waals surface area contributed by atoms with Gasteiger partial charge in [0.15, 0.2) is 0 Å². The van der Waals surface area contributed by atoms with Crippen LogP contribution < -0.4 is 5.32 Å². The molecule has 0 amide bonds. The monoisotopic (exact) mass is 251 g/mol. The number of hydrogen-bond acceptors (Lipinski definition) is 1. The summed E-state index contributed by atoms with van der Waals surface area (Å²) >= 11 is 0. The molecule has 19 heavy (non-hydrogen) atoms. The van der Waals surface area contributed by atoms with Crippen molar-refractivity contribution in [3.63, 3.8) is 0 Å². The van der Waals surface area contributed by atoms with Crippen LogP contribution in [0, 0.1) is 5.92 Å². The third kappa shape index (κ3) is 3.24. The summed E-state index contributed by atoms with van der Waals surface area (Å²) in [5.41, 5.74) is 2.91. The molecule has 1 heteroatoms. The Morgan fingerprint density at radius 1 is 0.789 bits per heavy atom. The zero-order valence-electron chi connectivity index (χ0n) is 11.3. The molecule has 0 radical (unpaired) electrons. The van der Waals surface area contributed by atoms with Crippen molar-refractivity contribution < 1.29 is 0 Å². The molecule has 2 aromatic carbocycles. The standard InChI is InChI=1S/C18H21N/c1-3-7-15(8-4-1)13-17-11-12-19-18(17)14-16-9-5-2-6-10-16/h1-10,17-19H,11-14H2. The first kappa shape index (κ1) is 12.4. The molecule has 1 aliphatic heterocycles. The SMILES string of the molecule is c1ccc(CC2CCNC2Cc2ccccc2)cc1. The number of rotatable bonds is 4. The van der Waals surface area contributed by atoms with Gasteiger partial charge in [0.05, 0.1) is 0 Å². The fraction of sp³-hybridized carbons (Fsp3) is 0.333. The molecule has 2 aromatic rings. The highest BCUT2D eigenvalue weighted by atomic mass is 14.9. The molecule has 0 spiro atoms. The van der Waals surface area contributed by atoms with Crippen molar-refractivity contribution in [3.8, 4) is 0 Å². The minimum Gasteiger partial charge on any atom is -0.313 e. The van der Waals surface area contributed by atoms with Crippen LogP contribution in [0.5, 0.6) is 0 Å². The molecule has 1 fully saturated rings. The summed E-state index contributed by atoms with van der Waals surface area (Å²) in [4.78, 5) is 0. The molecule has 1 heterocycles. The van der Waals surface area contributed by atoms with Crippen LogP contribution in [0.4, 0.5) is 0 Å².